The average molecular weight is 266 g/mol. The number of rotatable bonds is 4. The third-order valence-electron chi connectivity index (χ3n) is 3.65. The Morgan fingerprint density at radius 1 is 1.17 bits per heavy atom. The lowest BCUT2D eigenvalue weighted by Gasteiger charge is -2.33. The highest BCUT2D eigenvalue weighted by atomic mass is 19.4. The fourth-order valence-electron chi connectivity index (χ4n) is 2.65. The Labute approximate surface area is 106 Å². The van der Waals surface area contributed by atoms with Gasteiger partial charge in [-0.2, -0.15) is 13.2 Å². The average Bonchev–Trinajstić information content (AvgIpc) is 2.79. The van der Waals surface area contributed by atoms with Crippen LogP contribution in [0.15, 0.2) is 0 Å². The van der Waals surface area contributed by atoms with Crippen molar-refractivity contribution in [3.63, 3.8) is 0 Å². The van der Waals surface area contributed by atoms with Crippen molar-refractivity contribution >= 4 is 0 Å². The topological polar surface area (TPSA) is 24.5 Å². The predicted octanol–water partition coefficient (Wildman–Crippen LogP) is 1.78. The van der Waals surface area contributed by atoms with Gasteiger partial charge in [0, 0.05) is 19.2 Å². The maximum Gasteiger partial charge on any atom is 0.401 e. The minimum atomic E-state index is -4.07. The van der Waals surface area contributed by atoms with Gasteiger partial charge in [0.25, 0.3) is 0 Å². The summed E-state index contributed by atoms with van der Waals surface area (Å²) in [4.78, 5) is 1.49. The van der Waals surface area contributed by atoms with Crippen molar-refractivity contribution in [1.82, 2.24) is 10.2 Å². The Kier molecular flexibility index (Phi) is 4.86. The molecular weight excluding hydrogens is 245 g/mol. The third-order valence-corrected chi connectivity index (χ3v) is 3.65. The molecule has 1 atom stereocenters. The molecule has 6 heteroatoms. The zero-order valence-electron chi connectivity index (χ0n) is 10.5. The maximum atomic E-state index is 12.2. The van der Waals surface area contributed by atoms with Crippen molar-refractivity contribution in [3.8, 4) is 0 Å². The number of alkyl halides is 3. The fraction of sp³-hybridized carbons (Fsp3) is 1.00. The standard InChI is InChI=1S/C12H21F3N2O/c13-12(14,15)9-17-5-3-10(4-6-17)16-8-11-2-1-7-18-11/h10-11,16H,1-9H2. The van der Waals surface area contributed by atoms with E-state index >= 15 is 0 Å². The van der Waals surface area contributed by atoms with Gasteiger partial charge in [0.15, 0.2) is 0 Å². The number of hydrogen-bond acceptors (Lipinski definition) is 3. The van der Waals surface area contributed by atoms with Gasteiger partial charge in [0.05, 0.1) is 12.6 Å². The van der Waals surface area contributed by atoms with Gasteiger partial charge in [-0.3, -0.25) is 4.90 Å². The van der Waals surface area contributed by atoms with E-state index in [4.69, 9.17) is 4.74 Å². The number of likely N-dealkylation sites (tertiary alicyclic amines) is 1. The maximum absolute atomic E-state index is 12.2. The molecule has 0 aliphatic carbocycles. The monoisotopic (exact) mass is 266 g/mol. The lowest BCUT2D eigenvalue weighted by molar-refractivity contribution is -0.148. The van der Waals surface area contributed by atoms with Gasteiger partial charge in [-0.1, -0.05) is 0 Å². The van der Waals surface area contributed by atoms with Crippen molar-refractivity contribution in [3.05, 3.63) is 0 Å². The molecule has 2 rings (SSSR count). The van der Waals surface area contributed by atoms with E-state index in [2.05, 4.69) is 5.32 Å². The zero-order chi connectivity index (χ0) is 13.0. The number of hydrogen-bond donors (Lipinski definition) is 1. The normalized spacial score (nSPS) is 27.8. The highest BCUT2D eigenvalue weighted by Crippen LogP contribution is 2.20. The molecule has 18 heavy (non-hydrogen) atoms. The molecule has 0 aromatic carbocycles. The second-order valence-corrected chi connectivity index (χ2v) is 5.21. The number of piperidine rings is 1. The van der Waals surface area contributed by atoms with E-state index in [0.29, 0.717) is 25.2 Å². The van der Waals surface area contributed by atoms with Gasteiger partial charge in [-0.05, 0) is 38.8 Å². The summed E-state index contributed by atoms with van der Waals surface area (Å²) in [6.07, 6.45) is 0.0399. The summed E-state index contributed by atoms with van der Waals surface area (Å²) in [5.41, 5.74) is 0. The largest absolute Gasteiger partial charge is 0.401 e. The van der Waals surface area contributed by atoms with Crippen molar-refractivity contribution < 1.29 is 17.9 Å². The molecule has 0 bridgehead atoms. The van der Waals surface area contributed by atoms with Crippen LogP contribution in [0.1, 0.15) is 25.7 Å². The van der Waals surface area contributed by atoms with E-state index in [1.54, 1.807) is 0 Å². The van der Waals surface area contributed by atoms with Gasteiger partial charge >= 0.3 is 6.18 Å². The molecule has 2 heterocycles. The molecule has 0 aromatic heterocycles. The highest BCUT2D eigenvalue weighted by molar-refractivity contribution is 4.80. The summed E-state index contributed by atoms with van der Waals surface area (Å²) in [6.45, 7) is 1.97. The molecule has 2 fully saturated rings. The molecule has 0 amide bonds. The number of nitrogens with zero attached hydrogens (tertiary/aromatic N) is 1. The number of ether oxygens (including phenoxy) is 1. The Balaban J connectivity index is 1.61. The Morgan fingerprint density at radius 2 is 1.89 bits per heavy atom. The summed E-state index contributed by atoms with van der Waals surface area (Å²) in [5, 5.41) is 3.41. The minimum Gasteiger partial charge on any atom is -0.377 e. The van der Waals surface area contributed by atoms with Gasteiger partial charge in [0.1, 0.15) is 0 Å². The van der Waals surface area contributed by atoms with Crippen molar-refractivity contribution in [2.45, 2.75) is 44.0 Å². The van der Waals surface area contributed by atoms with Crippen molar-refractivity contribution in [2.24, 2.45) is 0 Å². The zero-order valence-corrected chi connectivity index (χ0v) is 10.5. The van der Waals surface area contributed by atoms with Crippen LogP contribution in [-0.2, 0) is 4.74 Å². The summed E-state index contributed by atoms with van der Waals surface area (Å²) >= 11 is 0. The summed E-state index contributed by atoms with van der Waals surface area (Å²) < 4.78 is 42.2. The molecular formula is C12H21F3N2O. The molecule has 1 N–H and O–H groups in total. The molecule has 106 valence electrons. The van der Waals surface area contributed by atoms with E-state index in [9.17, 15) is 13.2 Å². The predicted molar refractivity (Wildman–Crippen MR) is 62.5 cm³/mol. The molecule has 2 aliphatic rings. The molecule has 2 aliphatic heterocycles. The van der Waals surface area contributed by atoms with Crippen LogP contribution in [0.25, 0.3) is 0 Å². The van der Waals surface area contributed by atoms with E-state index in [-0.39, 0.29) is 0 Å². The summed E-state index contributed by atoms with van der Waals surface area (Å²) in [6, 6.07) is 0.346. The van der Waals surface area contributed by atoms with E-state index in [1.807, 2.05) is 0 Å². The van der Waals surface area contributed by atoms with Crippen LogP contribution in [-0.4, -0.2) is 56.0 Å². The molecule has 2 saturated heterocycles. The van der Waals surface area contributed by atoms with Crippen LogP contribution in [0.2, 0.25) is 0 Å². The first kappa shape index (κ1) is 14.1. The van der Waals surface area contributed by atoms with Crippen LogP contribution in [0, 0.1) is 0 Å². The molecule has 0 saturated carbocycles. The Morgan fingerprint density at radius 3 is 2.44 bits per heavy atom. The Hall–Kier alpha value is -0.330. The van der Waals surface area contributed by atoms with Crippen LogP contribution in [0.3, 0.4) is 0 Å². The van der Waals surface area contributed by atoms with Crippen LogP contribution >= 0.6 is 0 Å². The van der Waals surface area contributed by atoms with Crippen LogP contribution in [0.4, 0.5) is 13.2 Å². The third kappa shape index (κ3) is 4.74. The van der Waals surface area contributed by atoms with E-state index in [0.717, 1.165) is 38.8 Å². The molecule has 1 unspecified atom stereocenters. The van der Waals surface area contributed by atoms with Gasteiger partial charge in [-0.15, -0.1) is 0 Å². The van der Waals surface area contributed by atoms with Crippen LogP contribution < -0.4 is 5.32 Å². The second kappa shape index (κ2) is 6.21. The van der Waals surface area contributed by atoms with Crippen molar-refractivity contribution in [1.29, 1.82) is 0 Å². The van der Waals surface area contributed by atoms with E-state index in [1.165, 1.54) is 4.90 Å². The molecule has 0 radical (unpaired) electrons. The lowest BCUT2D eigenvalue weighted by atomic mass is 10.0. The SMILES string of the molecule is FC(F)(F)CN1CCC(NCC2CCCO2)CC1. The Bertz CT molecular complexity index is 246. The summed E-state index contributed by atoms with van der Waals surface area (Å²) in [7, 11) is 0. The first-order valence-electron chi connectivity index (χ1n) is 6.67. The van der Waals surface area contributed by atoms with Gasteiger partial charge < -0.3 is 10.1 Å². The minimum absolute atomic E-state index is 0.304. The van der Waals surface area contributed by atoms with Crippen LogP contribution in [0.5, 0.6) is 0 Å². The first-order chi connectivity index (χ1) is 8.53. The van der Waals surface area contributed by atoms with Gasteiger partial charge in [0.2, 0.25) is 0 Å². The first-order valence-corrected chi connectivity index (χ1v) is 6.67. The van der Waals surface area contributed by atoms with Crippen molar-refractivity contribution in [2.75, 3.05) is 32.8 Å². The molecule has 0 aromatic rings. The molecule has 3 nitrogen and oxygen atoms in total. The fourth-order valence-corrected chi connectivity index (χ4v) is 2.65. The quantitative estimate of drug-likeness (QED) is 0.839. The smallest absolute Gasteiger partial charge is 0.377 e. The second-order valence-electron chi connectivity index (χ2n) is 5.21. The number of nitrogens with one attached hydrogen (secondary N) is 1. The molecule has 0 spiro atoms. The lowest BCUT2D eigenvalue weighted by Crippen LogP contribution is -2.46. The highest BCUT2D eigenvalue weighted by Gasteiger charge is 2.32. The van der Waals surface area contributed by atoms with Gasteiger partial charge in [-0.25, -0.2) is 0 Å². The number of halogens is 3. The summed E-state index contributed by atoms with van der Waals surface area (Å²) in [5.74, 6) is 0. The van der Waals surface area contributed by atoms with E-state index < -0.39 is 12.7 Å².